The first-order valence-electron chi connectivity index (χ1n) is 5.60. The van der Waals surface area contributed by atoms with Crippen LogP contribution < -0.4 is 5.32 Å². The van der Waals surface area contributed by atoms with E-state index in [0.29, 0.717) is 6.04 Å². The van der Waals surface area contributed by atoms with Gasteiger partial charge in [-0.3, -0.25) is 0 Å². The van der Waals surface area contributed by atoms with Crippen LogP contribution in [0.3, 0.4) is 0 Å². The van der Waals surface area contributed by atoms with Gasteiger partial charge in [0.05, 0.1) is 12.1 Å². The molecule has 0 aliphatic rings. The van der Waals surface area contributed by atoms with E-state index in [0.717, 1.165) is 13.2 Å². The summed E-state index contributed by atoms with van der Waals surface area (Å²) in [6, 6.07) is 4.69. The highest BCUT2D eigenvalue weighted by Crippen LogP contribution is 2.26. The Hall–Kier alpha value is -0.380. The van der Waals surface area contributed by atoms with Gasteiger partial charge in [-0.2, -0.15) is 0 Å². The Morgan fingerprint density at radius 3 is 2.60 bits per heavy atom. The maximum Gasteiger partial charge on any atom is 0.0749 e. The van der Waals surface area contributed by atoms with Crippen LogP contribution in [-0.2, 0) is 4.74 Å². The minimum Gasteiger partial charge on any atom is -0.377 e. The molecule has 15 heavy (non-hydrogen) atoms. The van der Waals surface area contributed by atoms with Crippen molar-refractivity contribution in [2.45, 2.75) is 39.8 Å². The largest absolute Gasteiger partial charge is 0.377 e. The van der Waals surface area contributed by atoms with Crippen molar-refractivity contribution < 1.29 is 4.74 Å². The Kier molecular flexibility index (Phi) is 5.29. The molecule has 1 aromatic heterocycles. The van der Waals surface area contributed by atoms with Gasteiger partial charge >= 0.3 is 0 Å². The number of rotatable bonds is 6. The third-order valence-corrected chi connectivity index (χ3v) is 3.47. The third kappa shape index (κ3) is 3.59. The molecule has 1 heterocycles. The van der Waals surface area contributed by atoms with E-state index < -0.39 is 0 Å². The summed E-state index contributed by atoms with van der Waals surface area (Å²) in [5.41, 5.74) is 0. The molecule has 0 aliphatic heterocycles. The lowest BCUT2D eigenvalue weighted by Gasteiger charge is -2.23. The van der Waals surface area contributed by atoms with E-state index in [1.54, 1.807) is 0 Å². The van der Waals surface area contributed by atoms with Crippen LogP contribution >= 0.6 is 11.3 Å². The van der Waals surface area contributed by atoms with Crippen LogP contribution in [0, 0.1) is 6.92 Å². The SMILES string of the molecule is CCNC(c1ccc(C)s1)C(C)OCC. The monoisotopic (exact) mass is 227 g/mol. The number of hydrogen-bond acceptors (Lipinski definition) is 3. The van der Waals surface area contributed by atoms with Gasteiger partial charge in [-0.15, -0.1) is 11.3 Å². The van der Waals surface area contributed by atoms with Crippen LogP contribution in [0.4, 0.5) is 0 Å². The van der Waals surface area contributed by atoms with E-state index in [4.69, 9.17) is 4.74 Å². The van der Waals surface area contributed by atoms with Crippen molar-refractivity contribution in [3.63, 3.8) is 0 Å². The number of aryl methyl sites for hydroxylation is 1. The fraction of sp³-hybridized carbons (Fsp3) is 0.667. The van der Waals surface area contributed by atoms with Gasteiger partial charge in [-0.05, 0) is 39.4 Å². The third-order valence-electron chi connectivity index (χ3n) is 2.39. The number of ether oxygens (including phenoxy) is 1. The van der Waals surface area contributed by atoms with E-state index in [1.807, 2.05) is 18.3 Å². The molecule has 2 nitrogen and oxygen atoms in total. The first kappa shape index (κ1) is 12.7. The molecule has 0 saturated heterocycles. The summed E-state index contributed by atoms with van der Waals surface area (Å²) in [4.78, 5) is 2.73. The predicted octanol–water partition coefficient (Wildman–Crippen LogP) is 3.13. The standard InChI is InChI=1S/C12H21NOS/c1-5-13-12(10(4)14-6-2)11-8-7-9(3)15-11/h7-8,10,12-13H,5-6H2,1-4H3. The molecule has 0 amide bonds. The van der Waals surface area contributed by atoms with Gasteiger partial charge in [0.15, 0.2) is 0 Å². The van der Waals surface area contributed by atoms with Crippen LogP contribution in [0.5, 0.6) is 0 Å². The molecule has 0 spiro atoms. The maximum absolute atomic E-state index is 5.66. The molecular weight excluding hydrogens is 206 g/mol. The topological polar surface area (TPSA) is 21.3 Å². The average molecular weight is 227 g/mol. The molecule has 3 heteroatoms. The minimum atomic E-state index is 0.230. The Morgan fingerprint density at radius 1 is 1.40 bits per heavy atom. The van der Waals surface area contributed by atoms with Crippen LogP contribution in [0.2, 0.25) is 0 Å². The molecule has 0 radical (unpaired) electrons. The Labute approximate surface area is 96.7 Å². The zero-order chi connectivity index (χ0) is 11.3. The van der Waals surface area contributed by atoms with E-state index in [-0.39, 0.29) is 6.10 Å². The zero-order valence-corrected chi connectivity index (χ0v) is 10.9. The summed E-state index contributed by atoms with van der Waals surface area (Å²) in [6.45, 7) is 10.2. The molecular formula is C12H21NOS. The molecule has 0 aromatic carbocycles. The Balaban J connectivity index is 2.72. The first-order valence-corrected chi connectivity index (χ1v) is 6.42. The molecule has 0 bridgehead atoms. The van der Waals surface area contributed by atoms with Gasteiger partial charge in [0, 0.05) is 16.4 Å². The van der Waals surface area contributed by atoms with Crippen LogP contribution in [0.15, 0.2) is 12.1 Å². The van der Waals surface area contributed by atoms with Crippen molar-refractivity contribution >= 4 is 11.3 Å². The second-order valence-electron chi connectivity index (χ2n) is 3.64. The smallest absolute Gasteiger partial charge is 0.0749 e. The van der Waals surface area contributed by atoms with Crippen LogP contribution in [0.25, 0.3) is 0 Å². The molecule has 0 saturated carbocycles. The summed E-state index contributed by atoms with van der Waals surface area (Å²) in [6.07, 6.45) is 0.230. The number of hydrogen-bond donors (Lipinski definition) is 1. The normalized spacial score (nSPS) is 15.2. The molecule has 0 aliphatic carbocycles. The second-order valence-corrected chi connectivity index (χ2v) is 4.96. The molecule has 0 fully saturated rings. The summed E-state index contributed by atoms with van der Waals surface area (Å²) < 4.78 is 5.66. The van der Waals surface area contributed by atoms with Crippen molar-refractivity contribution in [2.75, 3.05) is 13.2 Å². The summed E-state index contributed by atoms with van der Waals surface area (Å²) >= 11 is 1.85. The predicted molar refractivity (Wildman–Crippen MR) is 66.6 cm³/mol. The molecule has 1 rings (SSSR count). The Bertz CT molecular complexity index is 285. The molecule has 1 aromatic rings. The highest BCUT2D eigenvalue weighted by molar-refractivity contribution is 7.12. The Morgan fingerprint density at radius 2 is 2.13 bits per heavy atom. The number of likely N-dealkylation sites (N-methyl/N-ethyl adjacent to an activating group) is 1. The van der Waals surface area contributed by atoms with Gasteiger partial charge in [-0.1, -0.05) is 6.92 Å². The summed E-state index contributed by atoms with van der Waals surface area (Å²) in [7, 11) is 0. The summed E-state index contributed by atoms with van der Waals surface area (Å²) in [5, 5.41) is 3.48. The molecule has 2 unspecified atom stereocenters. The van der Waals surface area contributed by atoms with Gasteiger partial charge < -0.3 is 10.1 Å². The van der Waals surface area contributed by atoms with Crippen molar-refractivity contribution in [3.8, 4) is 0 Å². The molecule has 86 valence electrons. The van der Waals surface area contributed by atoms with Crippen LogP contribution in [-0.4, -0.2) is 19.3 Å². The maximum atomic E-state index is 5.66. The zero-order valence-electron chi connectivity index (χ0n) is 10.0. The first-order chi connectivity index (χ1) is 7.19. The van der Waals surface area contributed by atoms with Gasteiger partial charge in [0.2, 0.25) is 0 Å². The fourth-order valence-corrected chi connectivity index (χ4v) is 2.74. The fourth-order valence-electron chi connectivity index (χ4n) is 1.70. The van der Waals surface area contributed by atoms with E-state index in [1.165, 1.54) is 9.75 Å². The second kappa shape index (κ2) is 6.26. The number of nitrogens with one attached hydrogen (secondary N) is 1. The lowest BCUT2D eigenvalue weighted by Crippen LogP contribution is -2.31. The van der Waals surface area contributed by atoms with Crippen LogP contribution in [0.1, 0.15) is 36.6 Å². The van der Waals surface area contributed by atoms with Gasteiger partial charge in [0.25, 0.3) is 0 Å². The van der Waals surface area contributed by atoms with E-state index in [2.05, 4.69) is 38.2 Å². The van der Waals surface area contributed by atoms with Crippen molar-refractivity contribution in [3.05, 3.63) is 21.9 Å². The average Bonchev–Trinajstić information content (AvgIpc) is 2.61. The highest BCUT2D eigenvalue weighted by atomic mass is 32.1. The number of thiophene rings is 1. The van der Waals surface area contributed by atoms with Gasteiger partial charge in [-0.25, -0.2) is 0 Å². The lowest BCUT2D eigenvalue weighted by atomic mass is 10.1. The minimum absolute atomic E-state index is 0.230. The molecule has 1 N–H and O–H groups in total. The van der Waals surface area contributed by atoms with E-state index in [9.17, 15) is 0 Å². The van der Waals surface area contributed by atoms with Gasteiger partial charge in [0.1, 0.15) is 0 Å². The quantitative estimate of drug-likeness (QED) is 0.806. The molecule has 2 atom stereocenters. The highest BCUT2D eigenvalue weighted by Gasteiger charge is 2.19. The lowest BCUT2D eigenvalue weighted by molar-refractivity contribution is 0.0486. The van der Waals surface area contributed by atoms with Crippen molar-refractivity contribution in [2.24, 2.45) is 0 Å². The van der Waals surface area contributed by atoms with Crippen molar-refractivity contribution in [1.29, 1.82) is 0 Å². The van der Waals surface area contributed by atoms with Crippen molar-refractivity contribution in [1.82, 2.24) is 5.32 Å². The summed E-state index contributed by atoms with van der Waals surface area (Å²) in [5.74, 6) is 0. The van der Waals surface area contributed by atoms with E-state index >= 15 is 0 Å².